The molecule has 0 atom stereocenters. The summed E-state index contributed by atoms with van der Waals surface area (Å²) in [6.07, 6.45) is 6.29. The van der Waals surface area contributed by atoms with Gasteiger partial charge in [-0.05, 0) is 46.3 Å². The summed E-state index contributed by atoms with van der Waals surface area (Å²) < 4.78 is 0.823. The fourth-order valence-electron chi connectivity index (χ4n) is 2.72. The fourth-order valence-corrected chi connectivity index (χ4v) is 3.05. The molecule has 0 amide bonds. The fraction of sp³-hybridized carbons (Fsp3) is 0.105. The molecule has 26 heavy (non-hydrogen) atoms. The SMILES string of the molecule is Brc1cnc(Nc2cccc3[nH]ccc23)nc1NCCc1ccccn1. The summed E-state index contributed by atoms with van der Waals surface area (Å²) in [5.74, 6) is 1.29. The number of halogens is 1. The Kier molecular flexibility index (Phi) is 4.79. The summed E-state index contributed by atoms with van der Waals surface area (Å²) in [5.41, 5.74) is 3.08. The molecular weight excluding hydrogens is 392 g/mol. The van der Waals surface area contributed by atoms with Gasteiger partial charge in [0.2, 0.25) is 5.95 Å². The van der Waals surface area contributed by atoms with Gasteiger partial charge in [-0.2, -0.15) is 4.98 Å². The number of anilines is 3. The first-order valence-corrected chi connectivity index (χ1v) is 9.08. The maximum absolute atomic E-state index is 4.58. The molecule has 3 N–H and O–H groups in total. The number of hydrogen-bond acceptors (Lipinski definition) is 5. The Balaban J connectivity index is 1.48. The van der Waals surface area contributed by atoms with Crippen molar-refractivity contribution in [3.63, 3.8) is 0 Å². The molecule has 130 valence electrons. The molecule has 4 rings (SSSR count). The highest BCUT2D eigenvalue weighted by Gasteiger charge is 2.07. The summed E-state index contributed by atoms with van der Waals surface area (Å²) in [7, 11) is 0. The average molecular weight is 409 g/mol. The van der Waals surface area contributed by atoms with Crippen LogP contribution in [0.25, 0.3) is 10.9 Å². The molecule has 0 unspecified atom stereocenters. The van der Waals surface area contributed by atoms with E-state index in [4.69, 9.17) is 0 Å². The number of fused-ring (bicyclic) bond motifs is 1. The zero-order valence-electron chi connectivity index (χ0n) is 13.9. The van der Waals surface area contributed by atoms with E-state index in [2.05, 4.69) is 46.5 Å². The third kappa shape index (κ3) is 3.67. The number of nitrogens with zero attached hydrogens (tertiary/aromatic N) is 3. The maximum Gasteiger partial charge on any atom is 0.229 e. The van der Waals surface area contributed by atoms with Crippen molar-refractivity contribution in [2.24, 2.45) is 0 Å². The van der Waals surface area contributed by atoms with Gasteiger partial charge in [-0.3, -0.25) is 4.98 Å². The predicted octanol–water partition coefficient (Wildman–Crippen LogP) is 4.51. The van der Waals surface area contributed by atoms with Crippen molar-refractivity contribution in [1.82, 2.24) is 19.9 Å². The van der Waals surface area contributed by atoms with Crippen molar-refractivity contribution < 1.29 is 0 Å². The number of pyridine rings is 1. The number of nitrogens with one attached hydrogen (secondary N) is 3. The van der Waals surface area contributed by atoms with E-state index in [9.17, 15) is 0 Å². The highest BCUT2D eigenvalue weighted by molar-refractivity contribution is 9.10. The van der Waals surface area contributed by atoms with Crippen LogP contribution in [-0.2, 0) is 6.42 Å². The molecule has 0 saturated heterocycles. The lowest BCUT2D eigenvalue weighted by atomic mass is 10.2. The molecule has 0 spiro atoms. The van der Waals surface area contributed by atoms with Gasteiger partial charge in [0.1, 0.15) is 5.82 Å². The molecule has 1 aromatic carbocycles. The molecule has 0 fully saturated rings. The summed E-state index contributed by atoms with van der Waals surface area (Å²) >= 11 is 3.50. The van der Waals surface area contributed by atoms with E-state index >= 15 is 0 Å². The van der Waals surface area contributed by atoms with Crippen LogP contribution < -0.4 is 10.6 Å². The summed E-state index contributed by atoms with van der Waals surface area (Å²) in [6, 6.07) is 14.0. The van der Waals surface area contributed by atoms with Crippen molar-refractivity contribution in [2.45, 2.75) is 6.42 Å². The third-order valence-electron chi connectivity index (χ3n) is 3.99. The lowest BCUT2D eigenvalue weighted by molar-refractivity contribution is 0.950. The highest BCUT2D eigenvalue weighted by Crippen LogP contribution is 2.26. The van der Waals surface area contributed by atoms with Gasteiger partial charge in [0.15, 0.2) is 0 Å². The van der Waals surface area contributed by atoms with Crippen molar-refractivity contribution in [1.29, 1.82) is 0 Å². The van der Waals surface area contributed by atoms with Crippen molar-refractivity contribution >= 4 is 44.3 Å². The van der Waals surface area contributed by atoms with E-state index < -0.39 is 0 Å². The molecular formula is C19H17BrN6. The lowest BCUT2D eigenvalue weighted by Gasteiger charge is -2.11. The van der Waals surface area contributed by atoms with Crippen LogP contribution in [0.2, 0.25) is 0 Å². The number of rotatable bonds is 6. The van der Waals surface area contributed by atoms with Gasteiger partial charge in [0, 0.05) is 48.2 Å². The zero-order valence-corrected chi connectivity index (χ0v) is 15.5. The molecule has 0 radical (unpaired) electrons. The summed E-state index contributed by atoms with van der Waals surface area (Å²) in [6.45, 7) is 0.736. The van der Waals surface area contributed by atoms with Crippen LogP contribution in [0, 0.1) is 0 Å². The molecule has 4 aromatic rings. The lowest BCUT2D eigenvalue weighted by Crippen LogP contribution is -2.09. The van der Waals surface area contributed by atoms with Crippen molar-refractivity contribution in [2.75, 3.05) is 17.2 Å². The van der Waals surface area contributed by atoms with E-state index in [0.29, 0.717) is 5.95 Å². The van der Waals surface area contributed by atoms with Gasteiger partial charge < -0.3 is 15.6 Å². The quantitative estimate of drug-likeness (QED) is 0.437. The second-order valence-electron chi connectivity index (χ2n) is 5.76. The molecule has 3 aromatic heterocycles. The van der Waals surface area contributed by atoms with Gasteiger partial charge in [-0.1, -0.05) is 12.1 Å². The predicted molar refractivity (Wildman–Crippen MR) is 108 cm³/mol. The first-order chi connectivity index (χ1) is 12.8. The largest absolute Gasteiger partial charge is 0.369 e. The Morgan fingerprint density at radius 3 is 2.88 bits per heavy atom. The Bertz CT molecular complexity index is 1010. The average Bonchev–Trinajstić information content (AvgIpc) is 3.15. The smallest absolute Gasteiger partial charge is 0.229 e. The van der Waals surface area contributed by atoms with Gasteiger partial charge in [0.05, 0.1) is 10.2 Å². The molecule has 3 heterocycles. The number of aromatic amines is 1. The maximum atomic E-state index is 4.58. The monoisotopic (exact) mass is 408 g/mol. The molecule has 0 aliphatic rings. The first kappa shape index (κ1) is 16.5. The number of benzene rings is 1. The zero-order chi connectivity index (χ0) is 17.8. The molecule has 0 saturated carbocycles. The summed E-state index contributed by atoms with van der Waals surface area (Å²) in [5, 5.41) is 7.73. The van der Waals surface area contributed by atoms with Crippen LogP contribution in [0.15, 0.2) is 65.5 Å². The second-order valence-corrected chi connectivity index (χ2v) is 6.61. The number of hydrogen-bond donors (Lipinski definition) is 3. The molecule has 6 nitrogen and oxygen atoms in total. The van der Waals surface area contributed by atoms with Crippen LogP contribution in [-0.4, -0.2) is 26.5 Å². The first-order valence-electron chi connectivity index (χ1n) is 8.29. The Morgan fingerprint density at radius 1 is 1.04 bits per heavy atom. The van der Waals surface area contributed by atoms with E-state index in [-0.39, 0.29) is 0 Å². The normalized spacial score (nSPS) is 10.8. The van der Waals surface area contributed by atoms with E-state index in [0.717, 1.165) is 45.5 Å². The number of H-pyrrole nitrogens is 1. The van der Waals surface area contributed by atoms with Gasteiger partial charge >= 0.3 is 0 Å². The van der Waals surface area contributed by atoms with E-state index in [1.54, 1.807) is 12.4 Å². The minimum absolute atomic E-state index is 0.544. The van der Waals surface area contributed by atoms with Crippen LogP contribution in [0.1, 0.15) is 5.69 Å². The Hall–Kier alpha value is -2.93. The molecule has 0 aliphatic carbocycles. The standard InChI is InChI=1S/C19H17BrN6/c20-15-12-24-19(25-17-6-3-5-16-14(17)8-11-22-16)26-18(15)23-10-7-13-4-1-2-9-21-13/h1-6,8-9,11-12,22H,7,10H2,(H2,23,24,25,26). The highest BCUT2D eigenvalue weighted by atomic mass is 79.9. The van der Waals surface area contributed by atoms with E-state index in [1.165, 1.54) is 0 Å². The molecule has 7 heteroatoms. The van der Waals surface area contributed by atoms with Crippen LogP contribution in [0.3, 0.4) is 0 Å². The second kappa shape index (κ2) is 7.53. The van der Waals surface area contributed by atoms with Crippen molar-refractivity contribution in [3.8, 4) is 0 Å². The van der Waals surface area contributed by atoms with Gasteiger partial charge in [-0.25, -0.2) is 4.98 Å². The Morgan fingerprint density at radius 2 is 2.00 bits per heavy atom. The molecule has 0 bridgehead atoms. The van der Waals surface area contributed by atoms with Crippen LogP contribution >= 0.6 is 15.9 Å². The third-order valence-corrected chi connectivity index (χ3v) is 4.57. The Labute approximate surface area is 159 Å². The number of aromatic nitrogens is 4. The summed E-state index contributed by atoms with van der Waals surface area (Å²) in [4.78, 5) is 16.5. The minimum Gasteiger partial charge on any atom is -0.369 e. The topological polar surface area (TPSA) is 78.5 Å². The van der Waals surface area contributed by atoms with Crippen LogP contribution in [0.4, 0.5) is 17.5 Å². The van der Waals surface area contributed by atoms with Gasteiger partial charge in [0.25, 0.3) is 0 Å². The minimum atomic E-state index is 0.544. The van der Waals surface area contributed by atoms with Crippen molar-refractivity contribution in [3.05, 3.63) is 71.2 Å². The van der Waals surface area contributed by atoms with Gasteiger partial charge in [-0.15, -0.1) is 0 Å². The molecule has 0 aliphatic heterocycles. The van der Waals surface area contributed by atoms with Crippen LogP contribution in [0.5, 0.6) is 0 Å². The van der Waals surface area contributed by atoms with E-state index in [1.807, 2.05) is 48.7 Å².